The van der Waals surface area contributed by atoms with E-state index in [-0.39, 0.29) is 0 Å². The summed E-state index contributed by atoms with van der Waals surface area (Å²) in [6.07, 6.45) is 1.93. The molecule has 0 amide bonds. The number of aryl methyl sites for hydroxylation is 1. The van der Waals surface area contributed by atoms with Gasteiger partial charge in [0.1, 0.15) is 0 Å². The van der Waals surface area contributed by atoms with Gasteiger partial charge in [-0.05, 0) is 71.6 Å². The first kappa shape index (κ1) is 21.3. The van der Waals surface area contributed by atoms with E-state index >= 15 is 0 Å². The number of allylic oxidation sites excluding steroid dienone is 1. The Labute approximate surface area is 169 Å². The third kappa shape index (κ3) is 3.73. The van der Waals surface area contributed by atoms with Crippen LogP contribution in [0.4, 0.5) is 0 Å². The lowest BCUT2D eigenvalue weighted by atomic mass is 9.71. The van der Waals surface area contributed by atoms with Crippen molar-refractivity contribution in [3.63, 3.8) is 0 Å². The van der Waals surface area contributed by atoms with Crippen LogP contribution in [-0.2, 0) is 19.3 Å². The molecule has 0 aliphatic carbocycles. The van der Waals surface area contributed by atoms with E-state index in [9.17, 15) is 8.42 Å². The van der Waals surface area contributed by atoms with Gasteiger partial charge in [0.2, 0.25) is 10.0 Å². The molecular formula is C21H30BNO4S. The normalized spacial score (nSPS) is 22.3. The Morgan fingerprint density at radius 1 is 1.04 bits per heavy atom. The van der Waals surface area contributed by atoms with Crippen LogP contribution >= 0.6 is 0 Å². The van der Waals surface area contributed by atoms with Gasteiger partial charge in [-0.25, -0.2) is 8.42 Å². The Hall–Kier alpha value is -1.41. The smallest absolute Gasteiger partial charge is 0.399 e. The van der Waals surface area contributed by atoms with Crippen LogP contribution < -0.4 is 0 Å². The van der Waals surface area contributed by atoms with E-state index in [2.05, 4.69) is 0 Å². The summed E-state index contributed by atoms with van der Waals surface area (Å²) in [6, 6.07) is 6.98. The molecule has 1 aromatic rings. The van der Waals surface area contributed by atoms with Gasteiger partial charge in [-0.3, -0.25) is 0 Å². The van der Waals surface area contributed by atoms with Gasteiger partial charge in [0.25, 0.3) is 0 Å². The van der Waals surface area contributed by atoms with Gasteiger partial charge in [0, 0.05) is 13.1 Å². The zero-order valence-corrected chi connectivity index (χ0v) is 18.7. The van der Waals surface area contributed by atoms with Crippen molar-refractivity contribution in [3.8, 4) is 0 Å². The van der Waals surface area contributed by atoms with Crippen LogP contribution in [0.25, 0.3) is 0 Å². The molecule has 1 fully saturated rings. The van der Waals surface area contributed by atoms with Crippen molar-refractivity contribution < 1.29 is 17.7 Å². The van der Waals surface area contributed by atoms with Crippen molar-refractivity contribution in [1.29, 1.82) is 0 Å². The predicted octanol–water partition coefficient (Wildman–Crippen LogP) is 3.89. The van der Waals surface area contributed by atoms with Crippen LogP contribution in [0.5, 0.6) is 0 Å². The highest BCUT2D eigenvalue weighted by atomic mass is 32.2. The summed E-state index contributed by atoms with van der Waals surface area (Å²) >= 11 is 0. The monoisotopic (exact) mass is 403 g/mol. The van der Waals surface area contributed by atoms with E-state index in [0.717, 1.165) is 22.2 Å². The molecule has 0 aromatic heterocycles. The molecule has 152 valence electrons. The van der Waals surface area contributed by atoms with Crippen molar-refractivity contribution in [3.05, 3.63) is 52.5 Å². The zero-order chi connectivity index (χ0) is 20.9. The molecule has 0 bridgehead atoms. The van der Waals surface area contributed by atoms with Crippen molar-refractivity contribution in [1.82, 2.24) is 4.31 Å². The maximum absolute atomic E-state index is 13.1. The van der Waals surface area contributed by atoms with E-state index < -0.39 is 28.3 Å². The molecule has 2 aliphatic rings. The molecule has 0 unspecified atom stereocenters. The zero-order valence-electron chi connectivity index (χ0n) is 17.9. The largest absolute Gasteiger partial charge is 0.494 e. The van der Waals surface area contributed by atoms with Crippen LogP contribution in [0, 0.1) is 6.92 Å². The standard InChI is InChI=1S/C21H30BNO4S/c1-15(2)18-14-23(28(24,25)17-10-8-16(3)9-11-17)13-12-19(18)22-26-20(4,5)21(6,7)27-22/h8-12H,13-14H2,1-7H3. The maximum Gasteiger partial charge on any atom is 0.494 e. The van der Waals surface area contributed by atoms with Crippen LogP contribution in [-0.4, -0.2) is 44.1 Å². The number of hydrogen-bond donors (Lipinski definition) is 0. The van der Waals surface area contributed by atoms with Crippen molar-refractivity contribution in [2.24, 2.45) is 0 Å². The fraction of sp³-hybridized carbons (Fsp3) is 0.524. The molecule has 3 rings (SSSR count). The number of rotatable bonds is 3. The quantitative estimate of drug-likeness (QED) is 0.719. The lowest BCUT2D eigenvalue weighted by molar-refractivity contribution is 0.00578. The summed E-state index contributed by atoms with van der Waals surface area (Å²) in [6.45, 7) is 14.6. The average Bonchev–Trinajstić information content (AvgIpc) is 2.82. The van der Waals surface area contributed by atoms with Crippen molar-refractivity contribution >= 4 is 17.1 Å². The van der Waals surface area contributed by atoms with Gasteiger partial charge in [0.15, 0.2) is 0 Å². The number of benzene rings is 1. The lowest BCUT2D eigenvalue weighted by Gasteiger charge is -2.32. The summed E-state index contributed by atoms with van der Waals surface area (Å²) in [4.78, 5) is 0.318. The number of hydrogen-bond acceptors (Lipinski definition) is 4. The predicted molar refractivity (Wildman–Crippen MR) is 112 cm³/mol. The van der Waals surface area contributed by atoms with E-state index in [4.69, 9.17) is 9.31 Å². The summed E-state index contributed by atoms with van der Waals surface area (Å²) in [5, 5.41) is 0. The minimum atomic E-state index is -3.56. The Morgan fingerprint density at radius 2 is 1.57 bits per heavy atom. The van der Waals surface area contributed by atoms with Gasteiger partial charge in [-0.2, -0.15) is 4.31 Å². The van der Waals surface area contributed by atoms with E-state index in [1.807, 2.05) is 66.7 Å². The molecule has 28 heavy (non-hydrogen) atoms. The molecule has 2 heterocycles. The first-order valence-electron chi connectivity index (χ1n) is 9.64. The van der Waals surface area contributed by atoms with Gasteiger partial charge < -0.3 is 9.31 Å². The van der Waals surface area contributed by atoms with Crippen LogP contribution in [0.15, 0.2) is 51.9 Å². The highest BCUT2D eigenvalue weighted by molar-refractivity contribution is 7.89. The molecule has 1 aromatic carbocycles. The summed E-state index contributed by atoms with van der Waals surface area (Å²) in [5.41, 5.74) is 3.12. The second-order valence-corrected chi connectivity index (χ2v) is 10.8. The Morgan fingerprint density at radius 3 is 2.07 bits per heavy atom. The maximum atomic E-state index is 13.1. The third-order valence-corrected chi connectivity index (χ3v) is 7.79. The molecule has 0 radical (unpaired) electrons. The molecule has 2 aliphatic heterocycles. The molecule has 0 saturated carbocycles. The molecular weight excluding hydrogens is 373 g/mol. The molecule has 0 N–H and O–H groups in total. The molecule has 1 saturated heterocycles. The molecule has 5 nitrogen and oxygen atoms in total. The highest BCUT2D eigenvalue weighted by Gasteiger charge is 2.53. The number of sulfonamides is 1. The van der Waals surface area contributed by atoms with Crippen molar-refractivity contribution in [2.75, 3.05) is 13.1 Å². The van der Waals surface area contributed by atoms with E-state index in [1.54, 1.807) is 12.1 Å². The average molecular weight is 403 g/mol. The Bertz CT molecular complexity index is 910. The molecule has 0 atom stereocenters. The second kappa shape index (κ2) is 7.13. The van der Waals surface area contributed by atoms with Gasteiger partial charge in [0.05, 0.1) is 16.1 Å². The molecule has 0 spiro atoms. The van der Waals surface area contributed by atoms with Crippen molar-refractivity contribution in [2.45, 2.75) is 64.6 Å². The minimum Gasteiger partial charge on any atom is -0.399 e. The van der Waals surface area contributed by atoms with E-state index in [1.165, 1.54) is 4.31 Å². The van der Waals surface area contributed by atoms with Gasteiger partial charge >= 0.3 is 7.12 Å². The third-order valence-electron chi connectivity index (χ3n) is 5.97. The highest BCUT2D eigenvalue weighted by Crippen LogP contribution is 2.41. The first-order valence-corrected chi connectivity index (χ1v) is 11.1. The van der Waals surface area contributed by atoms with Crippen LogP contribution in [0.1, 0.15) is 47.1 Å². The van der Waals surface area contributed by atoms with Crippen LogP contribution in [0.2, 0.25) is 0 Å². The summed E-state index contributed by atoms with van der Waals surface area (Å²) in [5.74, 6) is 0. The topological polar surface area (TPSA) is 55.8 Å². The Kier molecular flexibility index (Phi) is 5.43. The van der Waals surface area contributed by atoms with Crippen LogP contribution in [0.3, 0.4) is 0 Å². The molecule has 7 heteroatoms. The summed E-state index contributed by atoms with van der Waals surface area (Å²) < 4.78 is 40.2. The summed E-state index contributed by atoms with van der Waals surface area (Å²) in [7, 11) is -4.05. The SMILES string of the molecule is CC(C)=C1CN(S(=O)(=O)c2ccc(C)cc2)CC=C1B1OC(C)(C)C(C)(C)O1. The lowest BCUT2D eigenvalue weighted by Crippen LogP contribution is -2.41. The van der Waals surface area contributed by atoms with Gasteiger partial charge in [-0.1, -0.05) is 29.3 Å². The second-order valence-electron chi connectivity index (χ2n) is 8.84. The fourth-order valence-corrected chi connectivity index (χ4v) is 4.70. The fourth-order valence-electron chi connectivity index (χ4n) is 3.35. The Balaban J connectivity index is 1.92. The number of nitrogens with zero attached hydrogens (tertiary/aromatic N) is 1. The van der Waals surface area contributed by atoms with E-state index in [0.29, 0.717) is 18.0 Å². The van der Waals surface area contributed by atoms with Gasteiger partial charge in [-0.15, -0.1) is 0 Å². The first-order chi connectivity index (χ1) is 12.8. The minimum absolute atomic E-state index is 0.298.